The maximum Gasteiger partial charge on any atom is 0.252 e. The van der Waals surface area contributed by atoms with Crippen molar-refractivity contribution in [3.63, 3.8) is 0 Å². The number of hydrogen-bond acceptors (Lipinski definition) is 5. The average molecular weight is 406 g/mol. The number of piperidine rings is 1. The Bertz CT molecular complexity index is 714. The lowest BCUT2D eigenvalue weighted by Gasteiger charge is -2.37. The van der Waals surface area contributed by atoms with Crippen LogP contribution in [0.1, 0.15) is 26.2 Å². The van der Waals surface area contributed by atoms with E-state index in [1.807, 2.05) is 0 Å². The monoisotopic (exact) mass is 405 g/mol. The fourth-order valence-electron chi connectivity index (χ4n) is 3.41. The first-order valence-corrected chi connectivity index (χ1v) is 11.3. The molecule has 0 spiro atoms. The molecule has 0 bridgehead atoms. The van der Waals surface area contributed by atoms with Gasteiger partial charge in [0.25, 0.3) is 10.0 Å². The van der Waals surface area contributed by atoms with Crippen LogP contribution in [0.15, 0.2) is 16.3 Å². The number of halogens is 1. The molecule has 0 aliphatic carbocycles. The summed E-state index contributed by atoms with van der Waals surface area (Å²) in [7, 11) is -3.51. The normalized spacial score (nSPS) is 23.8. The summed E-state index contributed by atoms with van der Waals surface area (Å²) in [5, 5.41) is 0. The molecule has 6 nitrogen and oxygen atoms in total. The van der Waals surface area contributed by atoms with Crippen molar-refractivity contribution < 1.29 is 13.2 Å². The van der Waals surface area contributed by atoms with Crippen molar-refractivity contribution in [1.82, 2.24) is 14.1 Å². The predicted octanol–water partition coefficient (Wildman–Crippen LogP) is 2.11. The minimum absolute atomic E-state index is 0.102. The second-order valence-corrected chi connectivity index (χ2v) is 10.5. The average Bonchev–Trinajstić information content (AvgIpc) is 3.04. The van der Waals surface area contributed by atoms with Crippen LogP contribution in [0.4, 0.5) is 0 Å². The molecule has 0 aromatic carbocycles. The van der Waals surface area contributed by atoms with Gasteiger partial charge in [0.1, 0.15) is 4.21 Å². The molecule has 1 unspecified atom stereocenters. The Morgan fingerprint density at radius 3 is 2.52 bits per heavy atom. The summed E-state index contributed by atoms with van der Waals surface area (Å²) in [5.74, 6) is 0.102. The van der Waals surface area contributed by atoms with Crippen LogP contribution in [0.25, 0.3) is 0 Å². The lowest BCUT2D eigenvalue weighted by Crippen LogP contribution is -2.53. The molecule has 0 radical (unpaired) electrons. The minimum Gasteiger partial charge on any atom is -0.339 e. The SMILES string of the molecule is CC1CCCCN1CC(=O)N1CCN(S(=O)(=O)c2ccc(Cl)s2)CC1. The molecule has 25 heavy (non-hydrogen) atoms. The van der Waals surface area contributed by atoms with Crippen molar-refractivity contribution in [3.8, 4) is 0 Å². The molecule has 140 valence electrons. The van der Waals surface area contributed by atoms with E-state index in [-0.39, 0.29) is 10.1 Å². The van der Waals surface area contributed by atoms with Crippen LogP contribution in [0, 0.1) is 0 Å². The number of carbonyl (C=O) groups excluding carboxylic acids is 1. The summed E-state index contributed by atoms with van der Waals surface area (Å²) in [6.07, 6.45) is 3.52. The zero-order valence-corrected chi connectivity index (χ0v) is 16.7. The molecule has 1 aromatic rings. The van der Waals surface area contributed by atoms with E-state index in [1.165, 1.54) is 16.8 Å². The highest BCUT2D eigenvalue weighted by Gasteiger charge is 2.32. The van der Waals surface area contributed by atoms with Crippen LogP contribution >= 0.6 is 22.9 Å². The molecule has 9 heteroatoms. The molecule has 2 aliphatic rings. The van der Waals surface area contributed by atoms with Crippen LogP contribution in [0.3, 0.4) is 0 Å². The number of amides is 1. The van der Waals surface area contributed by atoms with Crippen LogP contribution < -0.4 is 0 Å². The highest BCUT2D eigenvalue weighted by molar-refractivity contribution is 7.91. The van der Waals surface area contributed by atoms with Crippen LogP contribution in [0.5, 0.6) is 0 Å². The summed E-state index contributed by atoms with van der Waals surface area (Å²) in [4.78, 5) is 16.6. The second kappa shape index (κ2) is 7.92. The quantitative estimate of drug-likeness (QED) is 0.769. The zero-order chi connectivity index (χ0) is 18.0. The largest absolute Gasteiger partial charge is 0.339 e. The molecule has 3 heterocycles. The summed E-state index contributed by atoms with van der Waals surface area (Å²) >= 11 is 6.92. The van der Waals surface area contributed by atoms with Gasteiger partial charge in [-0.2, -0.15) is 4.31 Å². The van der Waals surface area contributed by atoms with Crippen LogP contribution in [-0.2, 0) is 14.8 Å². The Balaban J connectivity index is 1.55. The molecule has 2 fully saturated rings. The van der Waals surface area contributed by atoms with Crippen molar-refractivity contribution in [2.24, 2.45) is 0 Å². The van der Waals surface area contributed by atoms with Gasteiger partial charge >= 0.3 is 0 Å². The highest BCUT2D eigenvalue weighted by Crippen LogP contribution is 2.28. The fraction of sp³-hybridized carbons (Fsp3) is 0.688. The van der Waals surface area contributed by atoms with Gasteiger partial charge in [0.15, 0.2) is 0 Å². The molecule has 1 aromatic heterocycles. The number of likely N-dealkylation sites (tertiary alicyclic amines) is 1. The van der Waals surface area contributed by atoms with Gasteiger partial charge in [0, 0.05) is 32.2 Å². The maximum atomic E-state index is 12.6. The fourth-order valence-corrected chi connectivity index (χ4v) is 6.47. The Kier molecular flexibility index (Phi) is 6.05. The molecule has 2 saturated heterocycles. The Labute approximate surface area is 158 Å². The number of sulfonamides is 1. The first-order valence-electron chi connectivity index (χ1n) is 8.65. The van der Waals surface area contributed by atoms with E-state index >= 15 is 0 Å². The lowest BCUT2D eigenvalue weighted by atomic mass is 10.0. The standard InChI is InChI=1S/C16H24ClN3O3S2/c1-13-4-2-3-7-19(13)12-15(21)18-8-10-20(11-9-18)25(22,23)16-6-5-14(17)24-16/h5-6,13H,2-4,7-12H2,1H3. The van der Waals surface area contributed by atoms with Gasteiger partial charge < -0.3 is 4.90 Å². The van der Waals surface area contributed by atoms with Crippen molar-refractivity contribution in [1.29, 1.82) is 0 Å². The summed E-state index contributed by atoms with van der Waals surface area (Å²) in [6.45, 7) is 5.13. The van der Waals surface area contributed by atoms with Gasteiger partial charge in [-0.05, 0) is 38.4 Å². The van der Waals surface area contributed by atoms with E-state index < -0.39 is 10.0 Å². The number of nitrogens with zero attached hydrogens (tertiary/aromatic N) is 3. The first kappa shape index (κ1) is 19.1. The molecule has 3 rings (SSSR count). The molecule has 0 N–H and O–H groups in total. The third-order valence-electron chi connectivity index (χ3n) is 5.01. The molecule has 1 atom stereocenters. The number of hydrogen-bond donors (Lipinski definition) is 0. The van der Waals surface area contributed by atoms with Gasteiger partial charge in [-0.1, -0.05) is 18.0 Å². The molecule has 1 amide bonds. The van der Waals surface area contributed by atoms with Crippen molar-refractivity contribution in [2.75, 3.05) is 39.3 Å². The summed E-state index contributed by atoms with van der Waals surface area (Å²) in [5.41, 5.74) is 0. The Morgan fingerprint density at radius 1 is 1.20 bits per heavy atom. The number of carbonyl (C=O) groups is 1. The lowest BCUT2D eigenvalue weighted by molar-refractivity contribution is -0.134. The van der Waals surface area contributed by atoms with Gasteiger partial charge in [-0.15, -0.1) is 11.3 Å². The molecule has 2 aliphatic heterocycles. The highest BCUT2D eigenvalue weighted by atomic mass is 35.5. The Hall–Kier alpha value is -0.670. The third kappa shape index (κ3) is 4.36. The molecule has 0 saturated carbocycles. The van der Waals surface area contributed by atoms with Crippen LogP contribution in [-0.4, -0.2) is 73.7 Å². The molecular weight excluding hydrogens is 382 g/mol. The number of piperazine rings is 1. The topological polar surface area (TPSA) is 60.9 Å². The summed E-state index contributed by atoms with van der Waals surface area (Å²) < 4.78 is 27.4. The Morgan fingerprint density at radius 2 is 1.92 bits per heavy atom. The van der Waals surface area contributed by atoms with E-state index in [4.69, 9.17) is 11.6 Å². The zero-order valence-electron chi connectivity index (χ0n) is 14.4. The van der Waals surface area contributed by atoms with Gasteiger partial charge in [-0.25, -0.2) is 8.42 Å². The van der Waals surface area contributed by atoms with Crippen molar-refractivity contribution in [3.05, 3.63) is 16.5 Å². The van der Waals surface area contributed by atoms with E-state index in [2.05, 4.69) is 11.8 Å². The van der Waals surface area contributed by atoms with Crippen molar-refractivity contribution >= 4 is 38.9 Å². The molecular formula is C16H24ClN3O3S2. The predicted molar refractivity (Wildman–Crippen MR) is 99.6 cm³/mol. The van der Waals surface area contributed by atoms with Crippen molar-refractivity contribution in [2.45, 2.75) is 36.4 Å². The number of rotatable bonds is 4. The van der Waals surface area contributed by atoms with Crippen LogP contribution in [0.2, 0.25) is 4.34 Å². The van der Waals surface area contributed by atoms with Gasteiger partial charge in [0.05, 0.1) is 10.9 Å². The van der Waals surface area contributed by atoms with E-state index in [0.29, 0.717) is 43.1 Å². The summed E-state index contributed by atoms with van der Waals surface area (Å²) in [6, 6.07) is 3.58. The van der Waals surface area contributed by atoms with E-state index in [1.54, 1.807) is 11.0 Å². The third-order valence-corrected chi connectivity index (χ3v) is 8.61. The minimum atomic E-state index is -3.51. The first-order chi connectivity index (χ1) is 11.9. The maximum absolute atomic E-state index is 12.6. The number of thiophene rings is 1. The second-order valence-electron chi connectivity index (χ2n) is 6.66. The van der Waals surface area contributed by atoms with Gasteiger partial charge in [0.2, 0.25) is 5.91 Å². The van der Waals surface area contributed by atoms with E-state index in [0.717, 1.165) is 30.7 Å². The smallest absolute Gasteiger partial charge is 0.252 e. The van der Waals surface area contributed by atoms with E-state index in [9.17, 15) is 13.2 Å². The van der Waals surface area contributed by atoms with Gasteiger partial charge in [-0.3, -0.25) is 9.69 Å².